The zero-order chi connectivity index (χ0) is 21.3. The normalized spacial score (nSPS) is 13.4. The average Bonchev–Trinajstić information content (AvgIpc) is 2.67. The molecular formula is C21H26N2O5S. The van der Waals surface area contributed by atoms with Crippen LogP contribution in [0.3, 0.4) is 0 Å². The number of hydrogen-bond donors (Lipinski definition) is 2. The van der Waals surface area contributed by atoms with Gasteiger partial charge in [0.15, 0.2) is 5.78 Å². The summed E-state index contributed by atoms with van der Waals surface area (Å²) < 4.78 is 31.2. The summed E-state index contributed by atoms with van der Waals surface area (Å²) in [6, 6.07) is 16.7. The zero-order valence-electron chi connectivity index (χ0n) is 16.5. The molecule has 2 N–H and O–H groups in total. The van der Waals surface area contributed by atoms with Crippen LogP contribution in [0.4, 0.5) is 0 Å². The van der Waals surface area contributed by atoms with E-state index in [0.717, 1.165) is 17.4 Å². The molecule has 0 heterocycles. The van der Waals surface area contributed by atoms with Gasteiger partial charge in [-0.1, -0.05) is 60.7 Å². The Morgan fingerprint density at radius 3 is 2.00 bits per heavy atom. The molecule has 2 aromatic carbocycles. The monoisotopic (exact) mass is 418 g/mol. The van der Waals surface area contributed by atoms with Crippen molar-refractivity contribution in [2.24, 2.45) is 0 Å². The summed E-state index contributed by atoms with van der Waals surface area (Å²) in [4.78, 5) is 24.7. The number of ether oxygens (including phenoxy) is 1. The van der Waals surface area contributed by atoms with Gasteiger partial charge in [0, 0.05) is 0 Å². The lowest BCUT2D eigenvalue weighted by Crippen LogP contribution is -2.53. The van der Waals surface area contributed by atoms with Gasteiger partial charge in [-0.3, -0.25) is 9.59 Å². The molecule has 0 saturated carbocycles. The molecule has 0 fully saturated rings. The minimum Gasteiger partial charge on any atom is -0.375 e. The van der Waals surface area contributed by atoms with E-state index in [4.69, 9.17) is 4.74 Å². The predicted molar refractivity (Wildman–Crippen MR) is 111 cm³/mol. The maximum atomic E-state index is 12.7. The van der Waals surface area contributed by atoms with E-state index < -0.39 is 28.0 Å². The van der Waals surface area contributed by atoms with Crippen LogP contribution in [-0.2, 0) is 37.4 Å². The molecule has 0 saturated heterocycles. The third-order valence-corrected chi connectivity index (χ3v) is 4.87. The van der Waals surface area contributed by atoms with Gasteiger partial charge in [0.1, 0.15) is 6.04 Å². The molecule has 0 radical (unpaired) electrons. The molecule has 2 atom stereocenters. The first-order chi connectivity index (χ1) is 13.7. The second-order valence-electron chi connectivity index (χ2n) is 6.80. The van der Waals surface area contributed by atoms with Crippen molar-refractivity contribution in [1.82, 2.24) is 10.0 Å². The van der Waals surface area contributed by atoms with E-state index in [1.54, 1.807) is 0 Å². The number of nitrogens with one attached hydrogen (secondary N) is 2. The molecule has 7 nitrogen and oxygen atoms in total. The van der Waals surface area contributed by atoms with E-state index in [-0.39, 0.29) is 19.0 Å². The fourth-order valence-electron chi connectivity index (χ4n) is 2.71. The van der Waals surface area contributed by atoms with Gasteiger partial charge < -0.3 is 10.1 Å². The van der Waals surface area contributed by atoms with Gasteiger partial charge in [-0.05, 0) is 24.5 Å². The Morgan fingerprint density at radius 2 is 1.48 bits per heavy atom. The lowest BCUT2D eigenvalue weighted by Gasteiger charge is -2.21. The second kappa shape index (κ2) is 10.8. The lowest BCUT2D eigenvalue weighted by atomic mass is 10.0. The van der Waals surface area contributed by atoms with Gasteiger partial charge in [0.25, 0.3) is 0 Å². The molecule has 1 amide bonds. The number of Topliss-reactive ketones (excluding diaryl/α,β-unsaturated/α-hetero) is 1. The SMILES string of the molecule is CC(=O)C(Cc1ccccc1)NC(=O)C(COCc1ccccc1)NS(C)(=O)=O. The summed E-state index contributed by atoms with van der Waals surface area (Å²) in [7, 11) is -3.65. The van der Waals surface area contributed by atoms with Gasteiger partial charge in [-0.2, -0.15) is 0 Å². The summed E-state index contributed by atoms with van der Waals surface area (Å²) in [5.41, 5.74) is 1.79. The van der Waals surface area contributed by atoms with Crippen LogP contribution >= 0.6 is 0 Å². The first-order valence-electron chi connectivity index (χ1n) is 9.18. The number of carbonyl (C=O) groups is 2. The largest absolute Gasteiger partial charge is 0.375 e. The van der Waals surface area contributed by atoms with Crippen LogP contribution in [0.15, 0.2) is 60.7 Å². The Hall–Kier alpha value is -2.55. The van der Waals surface area contributed by atoms with E-state index >= 15 is 0 Å². The number of carbonyl (C=O) groups excluding carboxylic acids is 2. The molecule has 0 bridgehead atoms. The predicted octanol–water partition coefficient (Wildman–Crippen LogP) is 1.44. The molecule has 8 heteroatoms. The first-order valence-corrected chi connectivity index (χ1v) is 11.1. The number of hydrogen-bond acceptors (Lipinski definition) is 5. The molecule has 0 aromatic heterocycles. The molecular weight excluding hydrogens is 392 g/mol. The topological polar surface area (TPSA) is 102 Å². The van der Waals surface area contributed by atoms with E-state index in [1.807, 2.05) is 60.7 Å². The van der Waals surface area contributed by atoms with Crippen LogP contribution in [0, 0.1) is 0 Å². The molecule has 2 rings (SSSR count). The summed E-state index contributed by atoms with van der Waals surface area (Å²) >= 11 is 0. The van der Waals surface area contributed by atoms with E-state index in [0.29, 0.717) is 6.42 Å². The van der Waals surface area contributed by atoms with Gasteiger partial charge in [0.05, 0.1) is 25.5 Å². The Labute approximate surface area is 171 Å². The Bertz CT molecular complexity index is 901. The van der Waals surface area contributed by atoms with Gasteiger partial charge in [-0.15, -0.1) is 0 Å². The van der Waals surface area contributed by atoms with Gasteiger partial charge >= 0.3 is 0 Å². The Morgan fingerprint density at radius 1 is 0.931 bits per heavy atom. The smallest absolute Gasteiger partial charge is 0.241 e. The molecule has 0 aliphatic rings. The number of amides is 1. The molecule has 0 spiro atoms. The van der Waals surface area contributed by atoms with E-state index in [2.05, 4.69) is 10.0 Å². The fourth-order valence-corrected chi connectivity index (χ4v) is 3.40. The van der Waals surface area contributed by atoms with Crippen molar-refractivity contribution in [2.75, 3.05) is 12.9 Å². The Kier molecular flexibility index (Phi) is 8.50. The fraction of sp³-hybridized carbons (Fsp3) is 0.333. The van der Waals surface area contributed by atoms with Crippen LogP contribution in [0.2, 0.25) is 0 Å². The van der Waals surface area contributed by atoms with Crippen molar-refractivity contribution in [2.45, 2.75) is 32.0 Å². The molecule has 156 valence electrons. The van der Waals surface area contributed by atoms with Crippen LogP contribution in [-0.4, -0.2) is 45.1 Å². The highest BCUT2D eigenvalue weighted by atomic mass is 32.2. The minimum absolute atomic E-state index is 0.163. The standard InChI is InChI=1S/C21H26N2O5S/c1-16(24)19(13-17-9-5-3-6-10-17)22-21(25)20(23-29(2,26)27)15-28-14-18-11-7-4-8-12-18/h3-12,19-20,23H,13-15H2,1-2H3,(H,22,25). The number of rotatable bonds is 11. The molecule has 29 heavy (non-hydrogen) atoms. The van der Waals surface area contributed by atoms with Crippen LogP contribution < -0.4 is 10.0 Å². The van der Waals surface area contributed by atoms with Crippen LogP contribution in [0.5, 0.6) is 0 Å². The van der Waals surface area contributed by atoms with Crippen molar-refractivity contribution in [3.8, 4) is 0 Å². The summed E-state index contributed by atoms with van der Waals surface area (Å²) in [5.74, 6) is -0.829. The molecule has 0 aliphatic heterocycles. The molecule has 2 unspecified atom stereocenters. The van der Waals surface area contributed by atoms with Crippen molar-refractivity contribution in [1.29, 1.82) is 0 Å². The van der Waals surface area contributed by atoms with Gasteiger partial charge in [0.2, 0.25) is 15.9 Å². The zero-order valence-corrected chi connectivity index (χ0v) is 17.3. The third kappa shape index (κ3) is 8.55. The van der Waals surface area contributed by atoms with Crippen molar-refractivity contribution < 1.29 is 22.7 Å². The molecule has 0 aliphatic carbocycles. The quantitative estimate of drug-likeness (QED) is 0.575. The minimum atomic E-state index is -3.65. The average molecular weight is 419 g/mol. The van der Waals surface area contributed by atoms with Crippen LogP contribution in [0.25, 0.3) is 0 Å². The van der Waals surface area contributed by atoms with Crippen molar-refractivity contribution in [3.63, 3.8) is 0 Å². The molecule has 2 aromatic rings. The number of ketones is 1. The Balaban J connectivity index is 2.03. The highest BCUT2D eigenvalue weighted by Gasteiger charge is 2.26. The summed E-state index contributed by atoms with van der Waals surface area (Å²) in [6.45, 7) is 1.46. The van der Waals surface area contributed by atoms with Crippen molar-refractivity contribution >= 4 is 21.7 Å². The lowest BCUT2D eigenvalue weighted by molar-refractivity contribution is -0.129. The van der Waals surface area contributed by atoms with Crippen molar-refractivity contribution in [3.05, 3.63) is 71.8 Å². The highest BCUT2D eigenvalue weighted by molar-refractivity contribution is 7.88. The first kappa shape index (κ1) is 22.7. The highest BCUT2D eigenvalue weighted by Crippen LogP contribution is 2.06. The maximum absolute atomic E-state index is 12.7. The number of benzene rings is 2. The van der Waals surface area contributed by atoms with Gasteiger partial charge in [-0.25, -0.2) is 13.1 Å². The second-order valence-corrected chi connectivity index (χ2v) is 8.58. The third-order valence-electron chi connectivity index (χ3n) is 4.16. The number of sulfonamides is 1. The maximum Gasteiger partial charge on any atom is 0.241 e. The van der Waals surface area contributed by atoms with Crippen LogP contribution in [0.1, 0.15) is 18.1 Å². The van der Waals surface area contributed by atoms with E-state index in [1.165, 1.54) is 6.92 Å². The van der Waals surface area contributed by atoms with E-state index in [9.17, 15) is 18.0 Å². The summed E-state index contributed by atoms with van der Waals surface area (Å²) in [6.07, 6.45) is 1.29. The summed E-state index contributed by atoms with van der Waals surface area (Å²) in [5, 5.41) is 2.64.